The van der Waals surface area contributed by atoms with E-state index in [0.717, 1.165) is 42.4 Å². The summed E-state index contributed by atoms with van der Waals surface area (Å²) in [5.41, 5.74) is 3.06. The number of rotatable bonds is 8. The van der Waals surface area contributed by atoms with Gasteiger partial charge in [-0.3, -0.25) is 9.59 Å². The van der Waals surface area contributed by atoms with E-state index in [1.807, 2.05) is 38.1 Å². The molecule has 0 radical (unpaired) electrons. The summed E-state index contributed by atoms with van der Waals surface area (Å²) in [5, 5.41) is 3.78. The van der Waals surface area contributed by atoms with Crippen LogP contribution in [0.25, 0.3) is 0 Å². The van der Waals surface area contributed by atoms with E-state index in [4.69, 9.17) is 16.3 Å². The summed E-state index contributed by atoms with van der Waals surface area (Å²) < 4.78 is 5.80. The van der Waals surface area contributed by atoms with Crippen LogP contribution in [-0.4, -0.2) is 35.4 Å². The Balaban J connectivity index is 1.71. The number of amides is 2. The highest BCUT2D eigenvalue weighted by Gasteiger charge is 2.28. The second-order valence-corrected chi connectivity index (χ2v) is 9.22. The molecule has 32 heavy (non-hydrogen) atoms. The van der Waals surface area contributed by atoms with E-state index in [1.54, 1.807) is 24.0 Å². The zero-order valence-electron chi connectivity index (χ0n) is 19.2. The van der Waals surface area contributed by atoms with Crippen molar-refractivity contribution in [3.05, 3.63) is 64.2 Å². The van der Waals surface area contributed by atoms with Gasteiger partial charge in [-0.1, -0.05) is 49.1 Å². The van der Waals surface area contributed by atoms with Gasteiger partial charge in [0.15, 0.2) is 6.61 Å². The van der Waals surface area contributed by atoms with Gasteiger partial charge in [0, 0.05) is 17.6 Å². The lowest BCUT2D eigenvalue weighted by Crippen LogP contribution is -2.51. The fourth-order valence-electron chi connectivity index (χ4n) is 4.18. The summed E-state index contributed by atoms with van der Waals surface area (Å²) >= 11 is 6.01. The van der Waals surface area contributed by atoms with Gasteiger partial charge in [-0.2, -0.15) is 0 Å². The van der Waals surface area contributed by atoms with Crippen molar-refractivity contribution in [2.75, 3.05) is 6.61 Å². The van der Waals surface area contributed by atoms with Gasteiger partial charge in [0.25, 0.3) is 5.91 Å². The molecular weight excluding hydrogens is 424 g/mol. The molecule has 0 saturated heterocycles. The van der Waals surface area contributed by atoms with Crippen molar-refractivity contribution in [2.45, 2.75) is 71.5 Å². The molecule has 1 N–H and O–H groups in total. The van der Waals surface area contributed by atoms with E-state index in [-0.39, 0.29) is 24.5 Å². The Hall–Kier alpha value is -2.53. The molecule has 1 aliphatic rings. The zero-order valence-corrected chi connectivity index (χ0v) is 20.0. The van der Waals surface area contributed by atoms with Crippen LogP contribution in [0.1, 0.15) is 55.7 Å². The van der Waals surface area contributed by atoms with Gasteiger partial charge in [-0.15, -0.1) is 0 Å². The van der Waals surface area contributed by atoms with Crippen LogP contribution in [-0.2, 0) is 16.1 Å². The first-order valence-electron chi connectivity index (χ1n) is 11.4. The smallest absolute Gasteiger partial charge is 0.261 e. The summed E-state index contributed by atoms with van der Waals surface area (Å²) in [6, 6.07) is 12.8. The number of hydrogen-bond acceptors (Lipinski definition) is 3. The Labute approximate surface area is 196 Å². The monoisotopic (exact) mass is 456 g/mol. The first kappa shape index (κ1) is 24.1. The molecule has 0 heterocycles. The fourth-order valence-corrected chi connectivity index (χ4v) is 4.31. The number of nitrogens with zero attached hydrogens (tertiary/aromatic N) is 1. The van der Waals surface area contributed by atoms with Crippen LogP contribution in [0.5, 0.6) is 5.75 Å². The number of ether oxygens (including phenoxy) is 1. The van der Waals surface area contributed by atoms with Crippen molar-refractivity contribution in [1.82, 2.24) is 10.2 Å². The van der Waals surface area contributed by atoms with Crippen LogP contribution < -0.4 is 10.1 Å². The number of benzene rings is 2. The van der Waals surface area contributed by atoms with Crippen LogP contribution in [0.2, 0.25) is 5.02 Å². The Morgan fingerprint density at radius 1 is 1.06 bits per heavy atom. The number of hydrogen-bond donors (Lipinski definition) is 1. The molecule has 0 aromatic heterocycles. The molecule has 0 spiro atoms. The molecule has 1 aliphatic carbocycles. The molecule has 3 rings (SSSR count). The fraction of sp³-hybridized carbons (Fsp3) is 0.462. The second kappa shape index (κ2) is 11.4. The number of carbonyl (C=O) groups excluding carboxylic acids is 2. The molecule has 2 aromatic rings. The molecule has 1 saturated carbocycles. The molecule has 1 atom stereocenters. The SMILES string of the molecule is Cc1cc(C)cc(OCC(=O)N(Cc2ccc(Cl)cc2)C(C)C(=O)NC2CCCCC2)c1. The Kier molecular flexibility index (Phi) is 8.57. The molecular formula is C26H33ClN2O3. The topological polar surface area (TPSA) is 58.6 Å². The molecule has 172 valence electrons. The predicted molar refractivity (Wildman–Crippen MR) is 128 cm³/mol. The van der Waals surface area contributed by atoms with Crippen LogP contribution in [0, 0.1) is 13.8 Å². The molecule has 2 aromatic carbocycles. The van der Waals surface area contributed by atoms with Gasteiger partial charge >= 0.3 is 0 Å². The minimum Gasteiger partial charge on any atom is -0.484 e. The van der Waals surface area contributed by atoms with Gasteiger partial charge in [0.2, 0.25) is 5.91 Å². The number of nitrogens with one attached hydrogen (secondary N) is 1. The largest absolute Gasteiger partial charge is 0.484 e. The minimum atomic E-state index is -0.608. The lowest BCUT2D eigenvalue weighted by atomic mass is 9.95. The quantitative estimate of drug-likeness (QED) is 0.593. The highest BCUT2D eigenvalue weighted by Crippen LogP contribution is 2.20. The highest BCUT2D eigenvalue weighted by molar-refractivity contribution is 6.30. The summed E-state index contributed by atoms with van der Waals surface area (Å²) in [4.78, 5) is 27.8. The van der Waals surface area contributed by atoms with Crippen molar-refractivity contribution in [1.29, 1.82) is 0 Å². The lowest BCUT2D eigenvalue weighted by molar-refractivity contribution is -0.142. The third-order valence-electron chi connectivity index (χ3n) is 5.94. The molecule has 5 nitrogen and oxygen atoms in total. The molecule has 0 aliphatic heterocycles. The zero-order chi connectivity index (χ0) is 23.1. The number of carbonyl (C=O) groups is 2. The Bertz CT molecular complexity index is 903. The summed E-state index contributed by atoms with van der Waals surface area (Å²) in [7, 11) is 0. The highest BCUT2D eigenvalue weighted by atomic mass is 35.5. The van der Waals surface area contributed by atoms with Gasteiger partial charge in [0.1, 0.15) is 11.8 Å². The number of halogens is 1. The number of aryl methyl sites for hydroxylation is 2. The van der Waals surface area contributed by atoms with E-state index in [2.05, 4.69) is 11.4 Å². The maximum absolute atomic E-state index is 13.2. The van der Waals surface area contributed by atoms with E-state index >= 15 is 0 Å². The average molecular weight is 457 g/mol. The van der Waals surface area contributed by atoms with Crippen molar-refractivity contribution in [3.63, 3.8) is 0 Å². The molecule has 6 heteroatoms. The molecule has 1 fully saturated rings. The minimum absolute atomic E-state index is 0.120. The van der Waals surface area contributed by atoms with Crippen molar-refractivity contribution in [2.24, 2.45) is 0 Å². The van der Waals surface area contributed by atoms with E-state index in [0.29, 0.717) is 17.3 Å². The van der Waals surface area contributed by atoms with Crippen LogP contribution in [0.15, 0.2) is 42.5 Å². The normalized spacial score (nSPS) is 15.1. The third kappa shape index (κ3) is 6.99. The maximum Gasteiger partial charge on any atom is 0.261 e. The van der Waals surface area contributed by atoms with E-state index in [1.165, 1.54) is 6.42 Å². The Morgan fingerprint density at radius 2 is 1.69 bits per heavy atom. The molecule has 0 bridgehead atoms. The van der Waals surface area contributed by atoms with E-state index < -0.39 is 6.04 Å². The van der Waals surface area contributed by atoms with Crippen molar-refractivity contribution < 1.29 is 14.3 Å². The predicted octanol–water partition coefficient (Wildman–Crippen LogP) is 5.20. The first-order valence-corrected chi connectivity index (χ1v) is 11.7. The standard InChI is InChI=1S/C26H33ClN2O3/c1-18-13-19(2)15-24(14-18)32-17-25(30)29(16-21-9-11-22(27)12-10-21)20(3)26(31)28-23-7-5-4-6-8-23/h9-15,20,23H,4-8,16-17H2,1-3H3,(H,28,31). The summed E-state index contributed by atoms with van der Waals surface area (Å²) in [5.74, 6) is 0.303. The van der Waals surface area contributed by atoms with Gasteiger partial charge < -0.3 is 15.0 Å². The summed E-state index contributed by atoms with van der Waals surface area (Å²) in [6.45, 7) is 5.95. The van der Waals surface area contributed by atoms with Crippen LogP contribution in [0.4, 0.5) is 0 Å². The van der Waals surface area contributed by atoms with Gasteiger partial charge in [-0.25, -0.2) is 0 Å². The van der Waals surface area contributed by atoms with Gasteiger partial charge in [0.05, 0.1) is 0 Å². The molecule has 2 amide bonds. The average Bonchev–Trinajstić information content (AvgIpc) is 2.76. The molecule has 1 unspecified atom stereocenters. The maximum atomic E-state index is 13.2. The van der Waals surface area contributed by atoms with Crippen LogP contribution >= 0.6 is 11.6 Å². The first-order chi connectivity index (χ1) is 15.3. The van der Waals surface area contributed by atoms with Crippen LogP contribution in [0.3, 0.4) is 0 Å². The lowest BCUT2D eigenvalue weighted by Gasteiger charge is -2.31. The third-order valence-corrected chi connectivity index (χ3v) is 6.19. The summed E-state index contributed by atoms with van der Waals surface area (Å²) in [6.07, 6.45) is 5.49. The van der Waals surface area contributed by atoms with Gasteiger partial charge in [-0.05, 0) is 74.6 Å². The van der Waals surface area contributed by atoms with E-state index in [9.17, 15) is 9.59 Å². The second-order valence-electron chi connectivity index (χ2n) is 8.78. The van der Waals surface area contributed by atoms with Crippen molar-refractivity contribution >= 4 is 23.4 Å². The Morgan fingerprint density at radius 3 is 2.31 bits per heavy atom. The van der Waals surface area contributed by atoms with Crippen molar-refractivity contribution in [3.8, 4) is 5.75 Å².